The first-order chi connectivity index (χ1) is 24.5. The maximum absolute atomic E-state index is 14.9. The van der Waals surface area contributed by atoms with Crippen LogP contribution < -0.4 is 25.4 Å². The van der Waals surface area contributed by atoms with Gasteiger partial charge in [-0.3, -0.25) is 4.79 Å². The van der Waals surface area contributed by atoms with Gasteiger partial charge >= 0.3 is 18.5 Å². The summed E-state index contributed by atoms with van der Waals surface area (Å²) in [6.07, 6.45) is -8.82. The first-order valence-corrected chi connectivity index (χ1v) is 16.6. The monoisotopic (exact) mass is 733 g/mol. The third-order valence-electron chi connectivity index (χ3n) is 9.34. The molecule has 2 saturated heterocycles. The van der Waals surface area contributed by atoms with Crippen molar-refractivity contribution in [1.82, 2.24) is 25.1 Å². The highest BCUT2D eigenvalue weighted by Gasteiger charge is 2.46. The summed E-state index contributed by atoms with van der Waals surface area (Å²) >= 11 is 0. The fraction of sp³-hybridized carbons (Fsp3) is 0.429. The van der Waals surface area contributed by atoms with Crippen molar-refractivity contribution in [1.29, 1.82) is 0 Å². The van der Waals surface area contributed by atoms with E-state index in [9.17, 15) is 31.1 Å². The molecular formula is C35H37F6N7O4. The second-order valence-corrected chi connectivity index (χ2v) is 13.0. The third kappa shape index (κ3) is 8.19. The molecule has 4 heterocycles. The number of halogens is 6. The van der Waals surface area contributed by atoms with Gasteiger partial charge in [-0.2, -0.15) is 28.2 Å². The van der Waals surface area contributed by atoms with Crippen LogP contribution >= 0.6 is 0 Å². The van der Waals surface area contributed by atoms with Crippen LogP contribution in [0.4, 0.5) is 38.1 Å². The first-order valence-electron chi connectivity index (χ1n) is 16.6. The zero-order valence-corrected chi connectivity index (χ0v) is 28.5. The summed E-state index contributed by atoms with van der Waals surface area (Å²) in [6, 6.07) is 10.6. The molecule has 278 valence electrons. The average molecular weight is 734 g/mol. The topological polar surface area (TPSA) is 130 Å². The normalized spacial score (nSPS) is 18.0. The maximum Gasteiger partial charge on any atom is 0.573 e. The van der Waals surface area contributed by atoms with Crippen molar-refractivity contribution in [2.24, 2.45) is 5.41 Å². The lowest BCUT2D eigenvalue weighted by atomic mass is 9.76. The number of nitrogens with one attached hydrogen (secondary N) is 1. The molecule has 4 aromatic rings. The molecule has 2 fully saturated rings. The van der Waals surface area contributed by atoms with E-state index in [1.165, 1.54) is 54.2 Å². The SMILES string of the molecule is CCOC(=O)C1CC2(CCN(c3cc(O[C@H](c4ccc(-c5ccc(OC(F)(F)F)c(C)c5)cc4-n4ccc(C)n4)C(F)(F)F)nc(N)n3)CC2)CN1. The molecule has 0 saturated carbocycles. The van der Waals surface area contributed by atoms with Crippen LogP contribution in [0.1, 0.15) is 49.1 Å². The van der Waals surface area contributed by atoms with E-state index in [1.807, 2.05) is 4.90 Å². The van der Waals surface area contributed by atoms with Gasteiger partial charge in [0.2, 0.25) is 17.9 Å². The van der Waals surface area contributed by atoms with Crippen molar-refractivity contribution in [3.05, 3.63) is 71.5 Å². The number of hydrogen-bond donors (Lipinski definition) is 2. The molecule has 1 spiro atoms. The molecule has 2 aliphatic heterocycles. The Morgan fingerprint density at radius 3 is 2.37 bits per heavy atom. The Labute approximate surface area is 295 Å². The van der Waals surface area contributed by atoms with Crippen LogP contribution in [-0.2, 0) is 9.53 Å². The van der Waals surface area contributed by atoms with Gasteiger partial charge in [-0.15, -0.1) is 13.2 Å². The number of piperidine rings is 1. The summed E-state index contributed by atoms with van der Waals surface area (Å²) in [5.41, 5.74) is 7.16. The lowest BCUT2D eigenvalue weighted by Crippen LogP contribution is -2.41. The van der Waals surface area contributed by atoms with Gasteiger partial charge in [-0.05, 0) is 86.4 Å². The number of rotatable bonds is 9. The number of esters is 1. The lowest BCUT2D eigenvalue weighted by molar-refractivity contribution is -0.274. The van der Waals surface area contributed by atoms with Crippen LogP contribution in [0.2, 0.25) is 0 Å². The zero-order valence-electron chi connectivity index (χ0n) is 28.5. The number of hydrogen-bond acceptors (Lipinski definition) is 10. The van der Waals surface area contributed by atoms with Crippen LogP contribution in [-0.4, -0.2) is 70.5 Å². The van der Waals surface area contributed by atoms with Gasteiger partial charge in [-0.25, -0.2) is 4.68 Å². The van der Waals surface area contributed by atoms with E-state index in [-0.39, 0.29) is 40.2 Å². The van der Waals surface area contributed by atoms with E-state index in [2.05, 4.69) is 25.1 Å². The molecule has 2 aromatic heterocycles. The van der Waals surface area contributed by atoms with Crippen LogP contribution in [0.3, 0.4) is 0 Å². The standard InChI is InChI=1S/C35H37F6N7O4/c1-4-50-31(49)25-18-33(19-43-25)10-13-47(14-11-33)28-17-29(45-32(42)44-28)51-30(34(36,37)38)24-7-5-23(16-26(24)48-12-9-21(3)46-48)22-6-8-27(20(2)15-22)52-35(39,40)41/h5-9,12,15-17,25,30,43H,4,10-11,13-14,18-19H2,1-3H3,(H2,42,44,45)/t25?,30-/m1/s1. The minimum absolute atomic E-state index is 0.0241. The van der Waals surface area contributed by atoms with E-state index in [1.54, 1.807) is 19.9 Å². The van der Waals surface area contributed by atoms with Crippen molar-refractivity contribution in [2.75, 3.05) is 36.9 Å². The number of ether oxygens (including phenoxy) is 3. The fourth-order valence-electron chi connectivity index (χ4n) is 6.76. The maximum atomic E-state index is 14.9. The second kappa shape index (κ2) is 14.2. The number of alkyl halides is 6. The summed E-state index contributed by atoms with van der Waals surface area (Å²) in [4.78, 5) is 22.4. The third-order valence-corrected chi connectivity index (χ3v) is 9.34. The molecule has 0 bridgehead atoms. The second-order valence-electron chi connectivity index (χ2n) is 13.0. The van der Waals surface area contributed by atoms with E-state index in [0.717, 1.165) is 6.07 Å². The first kappa shape index (κ1) is 36.7. The highest BCUT2D eigenvalue weighted by atomic mass is 19.4. The van der Waals surface area contributed by atoms with Gasteiger partial charge in [0.25, 0.3) is 0 Å². The number of aromatic nitrogens is 4. The fourth-order valence-corrected chi connectivity index (χ4v) is 6.76. The summed E-state index contributed by atoms with van der Waals surface area (Å²) in [7, 11) is 0. The molecule has 2 aromatic carbocycles. The Morgan fingerprint density at radius 1 is 1.02 bits per heavy atom. The van der Waals surface area contributed by atoms with E-state index >= 15 is 0 Å². The highest BCUT2D eigenvalue weighted by Crippen LogP contribution is 2.43. The van der Waals surface area contributed by atoms with Crippen LogP contribution in [0, 0.1) is 19.3 Å². The molecule has 0 aliphatic carbocycles. The van der Waals surface area contributed by atoms with E-state index < -0.39 is 30.3 Å². The van der Waals surface area contributed by atoms with Crippen LogP contribution in [0.25, 0.3) is 16.8 Å². The minimum Gasteiger partial charge on any atom is -0.465 e. The van der Waals surface area contributed by atoms with E-state index in [4.69, 9.17) is 15.2 Å². The Kier molecular flexibility index (Phi) is 10.0. The largest absolute Gasteiger partial charge is 0.573 e. The molecule has 6 rings (SSSR count). The molecule has 17 heteroatoms. The summed E-state index contributed by atoms with van der Waals surface area (Å²) < 4.78 is 99.4. The van der Waals surface area contributed by atoms with Crippen molar-refractivity contribution in [3.63, 3.8) is 0 Å². The van der Waals surface area contributed by atoms with Gasteiger partial charge in [-0.1, -0.05) is 18.2 Å². The number of anilines is 2. The Bertz CT molecular complexity index is 1920. The molecule has 11 nitrogen and oxygen atoms in total. The molecule has 52 heavy (non-hydrogen) atoms. The number of carbonyl (C=O) groups excluding carboxylic acids is 1. The zero-order chi connectivity index (χ0) is 37.4. The van der Waals surface area contributed by atoms with Crippen molar-refractivity contribution < 1.29 is 45.3 Å². The summed E-state index contributed by atoms with van der Waals surface area (Å²) in [5, 5.41) is 7.58. The highest BCUT2D eigenvalue weighted by molar-refractivity contribution is 5.76. The van der Waals surface area contributed by atoms with Gasteiger partial charge in [0.05, 0.1) is 18.0 Å². The quantitative estimate of drug-likeness (QED) is 0.143. The molecule has 0 amide bonds. The molecular weight excluding hydrogens is 696 g/mol. The van der Waals surface area contributed by atoms with Crippen molar-refractivity contribution in [3.8, 4) is 28.4 Å². The number of aryl methyl sites for hydroxylation is 2. The average Bonchev–Trinajstić information content (AvgIpc) is 3.70. The van der Waals surface area contributed by atoms with Gasteiger partial charge in [0.1, 0.15) is 17.6 Å². The Morgan fingerprint density at radius 2 is 1.73 bits per heavy atom. The predicted molar refractivity (Wildman–Crippen MR) is 178 cm³/mol. The minimum atomic E-state index is -4.94. The van der Waals surface area contributed by atoms with Gasteiger partial charge in [0, 0.05) is 37.5 Å². The van der Waals surface area contributed by atoms with E-state index in [0.29, 0.717) is 68.1 Å². The lowest BCUT2D eigenvalue weighted by Gasteiger charge is -2.39. The Balaban J connectivity index is 1.28. The number of nitrogens with two attached hydrogens (primary N) is 1. The number of carbonyl (C=O) groups is 1. The van der Waals surface area contributed by atoms with Gasteiger partial charge < -0.3 is 30.2 Å². The molecule has 2 atom stereocenters. The molecule has 1 unspecified atom stereocenters. The smallest absolute Gasteiger partial charge is 0.465 e. The van der Waals surface area contributed by atoms with Crippen molar-refractivity contribution >= 4 is 17.7 Å². The molecule has 3 N–H and O–H groups in total. The number of nitrogens with zero attached hydrogens (tertiary/aromatic N) is 5. The molecule has 0 radical (unpaired) electrons. The van der Waals surface area contributed by atoms with Crippen molar-refractivity contribution in [2.45, 2.75) is 64.7 Å². The number of benzene rings is 2. The number of nitrogen functional groups attached to an aromatic ring is 1. The predicted octanol–water partition coefficient (Wildman–Crippen LogP) is 6.62. The Hall–Kier alpha value is -5.06. The summed E-state index contributed by atoms with van der Waals surface area (Å²) in [5.74, 6) is -1.04. The molecule has 2 aliphatic rings. The van der Waals surface area contributed by atoms with Crippen LogP contribution in [0.5, 0.6) is 11.6 Å². The summed E-state index contributed by atoms with van der Waals surface area (Å²) in [6.45, 7) is 6.84. The van der Waals surface area contributed by atoms with Crippen LogP contribution in [0.15, 0.2) is 54.7 Å². The van der Waals surface area contributed by atoms with Gasteiger partial charge in [0.15, 0.2) is 0 Å².